The van der Waals surface area contributed by atoms with E-state index in [0.717, 1.165) is 25.2 Å². The third kappa shape index (κ3) is 2.65. The lowest BCUT2D eigenvalue weighted by Gasteiger charge is -2.35. The maximum absolute atomic E-state index is 12.9. The number of fused-ring (bicyclic) bond motifs is 4. The highest BCUT2D eigenvalue weighted by Crippen LogP contribution is 2.39. The molecule has 4 heterocycles. The van der Waals surface area contributed by atoms with Gasteiger partial charge in [0, 0.05) is 19.3 Å². The van der Waals surface area contributed by atoms with Crippen molar-refractivity contribution in [3.05, 3.63) is 42.4 Å². The predicted molar refractivity (Wildman–Crippen MR) is 91.9 cm³/mol. The number of nitrogens with zero attached hydrogens (tertiary/aromatic N) is 4. The molecule has 0 radical (unpaired) electrons. The van der Waals surface area contributed by atoms with Crippen LogP contribution in [0.1, 0.15) is 16.9 Å². The Labute approximate surface area is 144 Å². The number of hydrogen-bond donors (Lipinski definition) is 1. The van der Waals surface area contributed by atoms with Crippen LogP contribution in [0.25, 0.3) is 0 Å². The van der Waals surface area contributed by atoms with E-state index in [1.807, 2.05) is 6.07 Å². The van der Waals surface area contributed by atoms with Gasteiger partial charge in [0.15, 0.2) is 11.5 Å². The van der Waals surface area contributed by atoms with E-state index in [-0.39, 0.29) is 17.8 Å². The van der Waals surface area contributed by atoms with Crippen molar-refractivity contribution < 1.29 is 14.3 Å². The van der Waals surface area contributed by atoms with Crippen LogP contribution in [0.5, 0.6) is 0 Å². The second kappa shape index (κ2) is 6.04. The molecule has 2 aliphatic heterocycles. The molecule has 4 rings (SSSR count). The normalized spacial score (nSPS) is 17.9. The van der Waals surface area contributed by atoms with Gasteiger partial charge in [-0.15, -0.1) is 0 Å². The van der Waals surface area contributed by atoms with E-state index in [1.54, 1.807) is 35.5 Å². The molecule has 0 saturated carbocycles. The van der Waals surface area contributed by atoms with Gasteiger partial charge in [-0.2, -0.15) is 0 Å². The SMILES string of the molecule is COC(=O)c1ccc2c(n1)N(C(=O)Nc1cccnc1)C1CCN2C1. The third-order valence-electron chi connectivity index (χ3n) is 4.48. The maximum atomic E-state index is 12.9. The van der Waals surface area contributed by atoms with E-state index in [0.29, 0.717) is 11.5 Å². The second-order valence-corrected chi connectivity index (χ2v) is 5.96. The van der Waals surface area contributed by atoms with Crippen LogP contribution in [0.4, 0.5) is 22.0 Å². The number of urea groups is 1. The van der Waals surface area contributed by atoms with Crippen LogP contribution in [0, 0.1) is 0 Å². The molecule has 2 aliphatic rings. The Morgan fingerprint density at radius 1 is 1.32 bits per heavy atom. The number of anilines is 3. The van der Waals surface area contributed by atoms with E-state index in [1.165, 1.54) is 7.11 Å². The van der Waals surface area contributed by atoms with Crippen molar-refractivity contribution in [1.29, 1.82) is 0 Å². The van der Waals surface area contributed by atoms with Crippen molar-refractivity contribution in [1.82, 2.24) is 9.97 Å². The van der Waals surface area contributed by atoms with Gasteiger partial charge in [-0.1, -0.05) is 0 Å². The van der Waals surface area contributed by atoms with Crippen molar-refractivity contribution in [3.8, 4) is 0 Å². The Morgan fingerprint density at radius 3 is 2.96 bits per heavy atom. The number of hydrogen-bond acceptors (Lipinski definition) is 6. The lowest BCUT2D eigenvalue weighted by Crippen LogP contribution is -2.48. The molecule has 1 N–H and O–H groups in total. The average molecular weight is 339 g/mol. The van der Waals surface area contributed by atoms with Crippen LogP contribution in [0.15, 0.2) is 36.7 Å². The molecular formula is C17H17N5O3. The summed E-state index contributed by atoms with van der Waals surface area (Å²) in [6.45, 7) is 1.61. The molecule has 128 valence electrons. The van der Waals surface area contributed by atoms with Crippen molar-refractivity contribution >= 4 is 29.2 Å². The number of rotatable bonds is 2. The zero-order valence-corrected chi connectivity index (χ0v) is 13.7. The molecule has 1 unspecified atom stereocenters. The molecule has 0 spiro atoms. The molecule has 25 heavy (non-hydrogen) atoms. The van der Waals surface area contributed by atoms with Crippen molar-refractivity contribution in [2.24, 2.45) is 0 Å². The van der Waals surface area contributed by atoms with Gasteiger partial charge in [0.05, 0.1) is 30.7 Å². The fraction of sp³-hybridized carbons (Fsp3) is 0.294. The van der Waals surface area contributed by atoms with E-state index in [2.05, 4.69) is 20.2 Å². The lowest BCUT2D eigenvalue weighted by atomic mass is 10.2. The van der Waals surface area contributed by atoms with Crippen LogP contribution < -0.4 is 15.1 Å². The molecule has 1 fully saturated rings. The highest BCUT2D eigenvalue weighted by Gasteiger charge is 2.40. The number of amides is 2. The van der Waals surface area contributed by atoms with Gasteiger partial charge in [-0.05, 0) is 30.7 Å². The van der Waals surface area contributed by atoms with Crippen LogP contribution in [-0.2, 0) is 4.74 Å². The summed E-state index contributed by atoms with van der Waals surface area (Å²) in [6.07, 6.45) is 4.08. The topological polar surface area (TPSA) is 87.7 Å². The van der Waals surface area contributed by atoms with E-state index < -0.39 is 5.97 Å². The molecule has 8 heteroatoms. The second-order valence-electron chi connectivity index (χ2n) is 5.96. The number of carbonyl (C=O) groups excluding carboxylic acids is 2. The molecule has 2 aromatic heterocycles. The summed E-state index contributed by atoms with van der Waals surface area (Å²) in [4.78, 5) is 36.9. The Bertz CT molecular complexity index is 826. The average Bonchev–Trinajstić information content (AvgIpc) is 3.06. The minimum atomic E-state index is -0.525. The summed E-state index contributed by atoms with van der Waals surface area (Å²) in [5.41, 5.74) is 1.64. The summed E-state index contributed by atoms with van der Waals surface area (Å²) >= 11 is 0. The molecular weight excluding hydrogens is 322 g/mol. The predicted octanol–water partition coefficient (Wildman–Crippen LogP) is 1.89. The van der Waals surface area contributed by atoms with Gasteiger partial charge in [0.1, 0.15) is 0 Å². The third-order valence-corrected chi connectivity index (χ3v) is 4.48. The van der Waals surface area contributed by atoms with Gasteiger partial charge in [-0.25, -0.2) is 14.6 Å². The number of methoxy groups -OCH3 is 1. The van der Waals surface area contributed by atoms with Crippen LogP contribution in [-0.4, -0.2) is 48.2 Å². The first kappa shape index (κ1) is 15.4. The monoisotopic (exact) mass is 339 g/mol. The molecule has 2 amide bonds. The minimum Gasteiger partial charge on any atom is -0.464 e. The first-order valence-corrected chi connectivity index (χ1v) is 8.02. The fourth-order valence-electron chi connectivity index (χ4n) is 3.31. The van der Waals surface area contributed by atoms with Crippen LogP contribution in [0.2, 0.25) is 0 Å². The van der Waals surface area contributed by atoms with Crippen LogP contribution in [0.3, 0.4) is 0 Å². The highest BCUT2D eigenvalue weighted by molar-refractivity contribution is 6.05. The number of carbonyl (C=O) groups is 2. The Morgan fingerprint density at radius 2 is 2.20 bits per heavy atom. The van der Waals surface area contributed by atoms with E-state index >= 15 is 0 Å². The van der Waals surface area contributed by atoms with Crippen molar-refractivity contribution in [2.45, 2.75) is 12.5 Å². The Kier molecular flexibility index (Phi) is 3.72. The molecule has 0 aromatic carbocycles. The minimum absolute atomic E-state index is 0.0181. The molecule has 0 aliphatic carbocycles. The standard InChI is InChI=1S/C17H17N5O3/c1-25-16(23)13-4-5-14-15(20-13)22(12-6-8-21(14)10-12)17(24)19-11-3-2-7-18-9-11/h2-5,7,9,12H,6,8,10H2,1H3,(H,19,24). The summed E-state index contributed by atoms with van der Waals surface area (Å²) in [6, 6.07) is 6.71. The zero-order chi connectivity index (χ0) is 17.4. The summed E-state index contributed by atoms with van der Waals surface area (Å²) in [5, 5.41) is 2.85. The number of pyridine rings is 2. The van der Waals surface area contributed by atoms with Gasteiger partial charge in [0.2, 0.25) is 0 Å². The van der Waals surface area contributed by atoms with Gasteiger partial charge >= 0.3 is 12.0 Å². The summed E-state index contributed by atoms with van der Waals surface area (Å²) in [7, 11) is 1.31. The lowest BCUT2D eigenvalue weighted by molar-refractivity contribution is 0.0594. The molecule has 2 bridgehead atoms. The molecule has 1 saturated heterocycles. The summed E-state index contributed by atoms with van der Waals surface area (Å²) in [5.74, 6) is -0.0404. The molecule has 1 atom stereocenters. The molecule has 8 nitrogen and oxygen atoms in total. The van der Waals surface area contributed by atoms with Gasteiger partial charge in [-0.3, -0.25) is 9.88 Å². The van der Waals surface area contributed by atoms with Gasteiger partial charge < -0.3 is 15.0 Å². The maximum Gasteiger partial charge on any atom is 0.356 e. The number of aromatic nitrogens is 2. The number of ether oxygens (including phenoxy) is 1. The summed E-state index contributed by atoms with van der Waals surface area (Å²) < 4.78 is 4.75. The smallest absolute Gasteiger partial charge is 0.356 e. The number of nitrogens with one attached hydrogen (secondary N) is 1. The number of esters is 1. The van der Waals surface area contributed by atoms with Crippen molar-refractivity contribution in [2.75, 3.05) is 35.3 Å². The van der Waals surface area contributed by atoms with E-state index in [4.69, 9.17) is 4.74 Å². The molecule has 2 aromatic rings. The largest absolute Gasteiger partial charge is 0.464 e. The zero-order valence-electron chi connectivity index (χ0n) is 13.7. The first-order chi connectivity index (χ1) is 12.2. The van der Waals surface area contributed by atoms with Crippen molar-refractivity contribution in [3.63, 3.8) is 0 Å². The highest BCUT2D eigenvalue weighted by atomic mass is 16.5. The Hall–Kier alpha value is -3.16. The first-order valence-electron chi connectivity index (χ1n) is 8.02. The van der Waals surface area contributed by atoms with Crippen LogP contribution >= 0.6 is 0 Å². The fourth-order valence-corrected chi connectivity index (χ4v) is 3.31. The Balaban J connectivity index is 1.71. The quantitative estimate of drug-likeness (QED) is 0.841. The van der Waals surface area contributed by atoms with Gasteiger partial charge in [0.25, 0.3) is 0 Å². The van der Waals surface area contributed by atoms with E-state index in [9.17, 15) is 9.59 Å².